The van der Waals surface area contributed by atoms with Crippen LogP contribution >= 0.6 is 0 Å². The van der Waals surface area contributed by atoms with E-state index >= 15 is 0 Å². The number of allylic oxidation sites excluding steroid dienone is 1. The first-order valence-electron chi connectivity index (χ1n) is 11.0. The second-order valence-electron chi connectivity index (χ2n) is 8.08. The molecule has 0 bridgehead atoms. The molecule has 9 nitrogen and oxygen atoms in total. The number of hydrogen-bond acceptors (Lipinski definition) is 6. The van der Waals surface area contributed by atoms with Crippen LogP contribution in [0.15, 0.2) is 83.8 Å². The van der Waals surface area contributed by atoms with Gasteiger partial charge in [0.15, 0.2) is 0 Å². The minimum absolute atomic E-state index is 0.238. The Balaban J connectivity index is 1.20. The highest BCUT2D eigenvalue weighted by Crippen LogP contribution is 2.26. The fourth-order valence-electron chi connectivity index (χ4n) is 3.81. The maximum atomic E-state index is 12.7. The van der Waals surface area contributed by atoms with Crippen LogP contribution in [0.25, 0.3) is 17.5 Å². The van der Waals surface area contributed by atoms with Crippen LogP contribution < -0.4 is 10.3 Å². The van der Waals surface area contributed by atoms with E-state index in [1.54, 1.807) is 30.3 Å². The molecule has 5 rings (SSSR count). The van der Waals surface area contributed by atoms with Gasteiger partial charge >= 0.3 is 0 Å². The summed E-state index contributed by atoms with van der Waals surface area (Å²) in [7, 11) is -3.85. The summed E-state index contributed by atoms with van der Waals surface area (Å²) in [5.41, 5.74) is 6.33. The summed E-state index contributed by atoms with van der Waals surface area (Å²) in [5.74, 6) is -0.0207. The van der Waals surface area contributed by atoms with Crippen molar-refractivity contribution in [3.63, 3.8) is 0 Å². The highest BCUT2D eigenvalue weighted by molar-refractivity contribution is 7.93. The number of benzene rings is 3. The molecule has 0 atom stereocenters. The Morgan fingerprint density at radius 1 is 0.914 bits per heavy atom. The normalized spacial score (nSPS) is 13.1. The lowest BCUT2D eigenvalue weighted by Gasteiger charge is -2.17. The second kappa shape index (κ2) is 9.61. The maximum Gasteiger partial charge on any atom is 0.266 e. The summed E-state index contributed by atoms with van der Waals surface area (Å²) in [6.07, 6.45) is 2.65. The van der Waals surface area contributed by atoms with E-state index in [9.17, 15) is 13.2 Å². The van der Waals surface area contributed by atoms with Crippen LogP contribution in [0, 0.1) is 0 Å². The number of fused-ring (bicyclic) bond motifs is 1. The largest absolute Gasteiger partial charge is 0.274 e. The van der Waals surface area contributed by atoms with Gasteiger partial charge in [-0.25, -0.2) is 8.42 Å². The summed E-state index contributed by atoms with van der Waals surface area (Å²) < 4.78 is 25.4. The highest BCUT2D eigenvalue weighted by Gasteiger charge is 2.22. The average molecular weight is 487 g/mol. The molecule has 1 heterocycles. The molecule has 0 saturated carbocycles. The summed E-state index contributed by atoms with van der Waals surface area (Å²) in [6.45, 7) is 0.379. The standard InChI is InChI=1S/C25H22N6O3S/c32-25(27-30-35(33,34)23-15-14-19-6-4-5-9-22(19)16-23)21-12-10-18(11-13-21)17-31-28-24(26-29-31)20-7-2-1-3-8-20/h1-13,16,30H,14-15,17H2,(H,27,32). The van der Waals surface area contributed by atoms with Crippen molar-refractivity contribution in [2.24, 2.45) is 0 Å². The molecule has 35 heavy (non-hydrogen) atoms. The van der Waals surface area contributed by atoms with Gasteiger partial charge in [0.25, 0.3) is 15.9 Å². The summed E-state index contributed by atoms with van der Waals surface area (Å²) in [6, 6.07) is 24.0. The molecule has 176 valence electrons. The van der Waals surface area contributed by atoms with Crippen molar-refractivity contribution < 1.29 is 13.2 Å². The van der Waals surface area contributed by atoms with Gasteiger partial charge in [0.2, 0.25) is 5.82 Å². The van der Waals surface area contributed by atoms with E-state index in [1.807, 2.05) is 54.6 Å². The molecular weight excluding hydrogens is 464 g/mol. The topological polar surface area (TPSA) is 119 Å². The van der Waals surface area contributed by atoms with Gasteiger partial charge in [-0.15, -0.1) is 15.0 Å². The third-order valence-corrected chi connectivity index (χ3v) is 7.06. The number of nitrogens with zero attached hydrogens (tertiary/aromatic N) is 4. The van der Waals surface area contributed by atoms with E-state index in [0.717, 1.165) is 22.3 Å². The maximum absolute atomic E-state index is 12.7. The Bertz CT molecular complexity index is 1500. The molecule has 1 aliphatic carbocycles. The lowest BCUT2D eigenvalue weighted by molar-refractivity contribution is 0.0945. The number of aromatic nitrogens is 4. The van der Waals surface area contributed by atoms with E-state index in [0.29, 0.717) is 30.8 Å². The molecule has 0 unspecified atom stereocenters. The number of amides is 1. The van der Waals surface area contributed by atoms with E-state index in [4.69, 9.17) is 0 Å². The van der Waals surface area contributed by atoms with Crippen molar-refractivity contribution in [2.45, 2.75) is 19.4 Å². The van der Waals surface area contributed by atoms with Gasteiger partial charge < -0.3 is 0 Å². The smallest absolute Gasteiger partial charge is 0.266 e. The molecule has 3 aromatic carbocycles. The molecule has 0 saturated heterocycles. The third-order valence-electron chi connectivity index (χ3n) is 5.68. The van der Waals surface area contributed by atoms with Gasteiger partial charge in [0.05, 0.1) is 11.4 Å². The Labute approximate surface area is 202 Å². The number of hydrogen-bond donors (Lipinski definition) is 2. The molecule has 0 aliphatic heterocycles. The first-order chi connectivity index (χ1) is 17.0. The van der Waals surface area contributed by atoms with Crippen LogP contribution in [0.4, 0.5) is 0 Å². The second-order valence-corrected chi connectivity index (χ2v) is 9.81. The van der Waals surface area contributed by atoms with Crippen LogP contribution in [0.2, 0.25) is 0 Å². The molecule has 1 amide bonds. The van der Waals surface area contributed by atoms with E-state index < -0.39 is 15.9 Å². The van der Waals surface area contributed by atoms with E-state index in [1.165, 1.54) is 4.80 Å². The molecule has 1 aromatic heterocycles. The van der Waals surface area contributed by atoms with Crippen molar-refractivity contribution >= 4 is 22.0 Å². The number of sulfonamides is 1. The quantitative estimate of drug-likeness (QED) is 0.388. The number of aryl methyl sites for hydroxylation is 1. The number of carbonyl (C=O) groups is 1. The Morgan fingerprint density at radius 3 is 2.46 bits per heavy atom. The fraction of sp³-hybridized carbons (Fsp3) is 0.120. The van der Waals surface area contributed by atoms with Gasteiger partial charge in [-0.05, 0) is 53.0 Å². The van der Waals surface area contributed by atoms with Crippen LogP contribution in [0.3, 0.4) is 0 Å². The van der Waals surface area contributed by atoms with Crippen molar-refractivity contribution in [3.8, 4) is 11.4 Å². The van der Waals surface area contributed by atoms with E-state index in [-0.39, 0.29) is 4.91 Å². The fourth-order valence-corrected chi connectivity index (χ4v) is 4.82. The number of tetrazole rings is 1. The summed E-state index contributed by atoms with van der Waals surface area (Å²) >= 11 is 0. The first kappa shape index (κ1) is 22.6. The molecule has 0 fully saturated rings. The Hall–Kier alpha value is -4.15. The average Bonchev–Trinajstić information content (AvgIpc) is 3.36. The monoisotopic (exact) mass is 486 g/mol. The SMILES string of the molecule is O=C(NNS(=O)(=O)C1=Cc2ccccc2CC1)c1ccc(Cn2nnc(-c3ccccc3)n2)cc1. The van der Waals surface area contributed by atoms with Crippen LogP contribution in [0.1, 0.15) is 33.5 Å². The van der Waals surface area contributed by atoms with Gasteiger partial charge in [0, 0.05) is 11.1 Å². The van der Waals surface area contributed by atoms with Gasteiger partial charge in [0.1, 0.15) is 0 Å². The summed E-state index contributed by atoms with van der Waals surface area (Å²) in [4.78, 5) is 16.4. The predicted molar refractivity (Wildman–Crippen MR) is 131 cm³/mol. The van der Waals surface area contributed by atoms with Crippen LogP contribution in [-0.4, -0.2) is 34.5 Å². The van der Waals surface area contributed by atoms with Crippen LogP contribution in [-0.2, 0) is 23.0 Å². The molecule has 0 radical (unpaired) electrons. The molecule has 4 aromatic rings. The van der Waals surface area contributed by atoms with Gasteiger partial charge in [-0.1, -0.05) is 66.7 Å². The Kier molecular flexibility index (Phi) is 6.21. The minimum Gasteiger partial charge on any atom is -0.274 e. The first-order valence-corrected chi connectivity index (χ1v) is 12.5. The molecular formula is C25H22N6O3S. The minimum atomic E-state index is -3.85. The summed E-state index contributed by atoms with van der Waals surface area (Å²) in [5, 5.41) is 12.5. The number of rotatable bonds is 7. The Morgan fingerprint density at radius 2 is 1.66 bits per heavy atom. The van der Waals surface area contributed by atoms with Crippen molar-refractivity contribution in [2.75, 3.05) is 0 Å². The van der Waals surface area contributed by atoms with Crippen molar-refractivity contribution in [3.05, 3.63) is 106 Å². The van der Waals surface area contributed by atoms with Gasteiger partial charge in [-0.2, -0.15) is 4.80 Å². The zero-order valence-corrected chi connectivity index (χ0v) is 19.4. The van der Waals surface area contributed by atoms with Crippen molar-refractivity contribution in [1.29, 1.82) is 0 Å². The lowest BCUT2D eigenvalue weighted by Crippen LogP contribution is -2.42. The third kappa shape index (κ3) is 5.18. The highest BCUT2D eigenvalue weighted by atomic mass is 32.2. The zero-order chi connectivity index (χ0) is 24.3. The zero-order valence-electron chi connectivity index (χ0n) is 18.6. The van der Waals surface area contributed by atoms with Crippen LogP contribution in [0.5, 0.6) is 0 Å². The molecule has 0 spiro atoms. The number of hydrazine groups is 1. The van der Waals surface area contributed by atoms with Gasteiger partial charge in [-0.3, -0.25) is 10.2 Å². The number of nitrogens with one attached hydrogen (secondary N) is 2. The molecule has 10 heteroatoms. The molecule has 2 N–H and O–H groups in total. The van der Waals surface area contributed by atoms with Crippen molar-refractivity contribution in [1.82, 2.24) is 30.5 Å². The van der Waals surface area contributed by atoms with E-state index in [2.05, 4.69) is 25.7 Å². The lowest BCUT2D eigenvalue weighted by atomic mass is 9.98. The molecule has 1 aliphatic rings. The predicted octanol–water partition coefficient (Wildman–Crippen LogP) is 2.94. The number of carbonyl (C=O) groups excluding carboxylic acids is 1.